The summed E-state index contributed by atoms with van der Waals surface area (Å²) in [6, 6.07) is 0. The fraction of sp³-hybridized carbons (Fsp3) is 0.750. The molecule has 0 bridgehead atoms. The van der Waals surface area contributed by atoms with Crippen LogP contribution in [0, 0.1) is 0 Å². The van der Waals surface area contributed by atoms with Gasteiger partial charge in [0.2, 0.25) is 5.91 Å². The van der Waals surface area contributed by atoms with Gasteiger partial charge in [-0.15, -0.1) is 0 Å². The topological polar surface area (TPSA) is 60.4 Å². The summed E-state index contributed by atoms with van der Waals surface area (Å²) >= 11 is 0. The van der Waals surface area contributed by atoms with Crippen molar-refractivity contribution in [2.45, 2.75) is 64.7 Å². The molecule has 0 atom stereocenters. The molecule has 0 radical (unpaired) electrons. The average molecular weight is 305 g/mol. The summed E-state index contributed by atoms with van der Waals surface area (Å²) in [5.41, 5.74) is 0. The van der Waals surface area contributed by atoms with Gasteiger partial charge in [0, 0.05) is 19.1 Å². The van der Waals surface area contributed by atoms with E-state index in [2.05, 4.69) is 6.58 Å². The van der Waals surface area contributed by atoms with E-state index in [0.29, 0.717) is 0 Å². The Balaban J connectivity index is 0. The van der Waals surface area contributed by atoms with Gasteiger partial charge in [0.25, 0.3) is 0 Å². The van der Waals surface area contributed by atoms with E-state index in [1.54, 1.807) is 0 Å². The number of hydrogen-bond acceptors (Lipinski definition) is 3. The number of hydrogen-bond donors (Lipinski definition) is 0. The number of unbranched alkanes of at least 4 members (excludes halogenated alkanes) is 7. The third-order valence-corrected chi connectivity index (χ3v) is 3.43. The molecule has 0 rings (SSSR count). The second-order valence-corrected chi connectivity index (χ2v) is 5.07. The summed E-state index contributed by atoms with van der Waals surface area (Å²) in [5.74, 6) is -0.931. The fourth-order valence-corrected chi connectivity index (χ4v) is 2.19. The molecule has 0 N–H and O–H groups in total. The Labute approximate surface area is 151 Å². The molecule has 0 fully saturated rings. The Hall–Kier alpha value is -0.320. The molecule has 5 heteroatoms. The van der Waals surface area contributed by atoms with Crippen LogP contribution in [0.25, 0.3) is 0 Å². The van der Waals surface area contributed by atoms with Gasteiger partial charge in [0.05, 0.1) is 0 Å². The first-order valence-electron chi connectivity index (χ1n) is 7.73. The summed E-state index contributed by atoms with van der Waals surface area (Å²) in [5, 5.41) is 10.2. The second kappa shape index (κ2) is 16.1. The van der Waals surface area contributed by atoms with Crippen molar-refractivity contribution < 1.29 is 44.3 Å². The molecule has 0 saturated carbocycles. The van der Waals surface area contributed by atoms with Crippen LogP contribution in [0.4, 0.5) is 0 Å². The van der Waals surface area contributed by atoms with E-state index in [1.807, 2.05) is 11.8 Å². The monoisotopic (exact) mass is 305 g/mol. The molecule has 21 heavy (non-hydrogen) atoms. The Kier molecular flexibility index (Phi) is 17.6. The van der Waals surface area contributed by atoms with Gasteiger partial charge in [0.15, 0.2) is 0 Å². The van der Waals surface area contributed by atoms with Crippen LogP contribution in [0.3, 0.4) is 0 Å². The third kappa shape index (κ3) is 14.4. The predicted octanol–water partition coefficient (Wildman–Crippen LogP) is -0.714. The first-order chi connectivity index (χ1) is 9.61. The summed E-state index contributed by atoms with van der Waals surface area (Å²) in [6.45, 7) is 7.03. The minimum absolute atomic E-state index is 0. The van der Waals surface area contributed by atoms with Crippen molar-refractivity contribution in [3.63, 3.8) is 0 Å². The number of nitrogens with zero attached hydrogens (tertiary/aromatic N) is 1. The van der Waals surface area contributed by atoms with Crippen LogP contribution in [0.5, 0.6) is 0 Å². The SMILES string of the molecule is C=CC(=O)N(CC)CCCCCCCCCCC(=O)[O-].[Na+]. The Morgan fingerprint density at radius 1 is 1.00 bits per heavy atom. The maximum atomic E-state index is 11.4. The van der Waals surface area contributed by atoms with Crippen LogP contribution in [0.2, 0.25) is 0 Å². The maximum absolute atomic E-state index is 11.4. The van der Waals surface area contributed by atoms with E-state index in [1.165, 1.54) is 18.9 Å². The normalized spacial score (nSPS) is 9.76. The van der Waals surface area contributed by atoms with E-state index < -0.39 is 5.97 Å². The molecule has 0 saturated heterocycles. The number of rotatable bonds is 13. The minimum Gasteiger partial charge on any atom is -0.550 e. The Bertz CT molecular complexity index is 295. The van der Waals surface area contributed by atoms with Gasteiger partial charge in [0.1, 0.15) is 0 Å². The van der Waals surface area contributed by atoms with Gasteiger partial charge in [-0.3, -0.25) is 4.79 Å². The second-order valence-electron chi connectivity index (χ2n) is 5.07. The zero-order valence-electron chi connectivity index (χ0n) is 13.7. The van der Waals surface area contributed by atoms with Crippen molar-refractivity contribution >= 4 is 11.9 Å². The molecule has 116 valence electrons. The van der Waals surface area contributed by atoms with Crippen LogP contribution in [0.15, 0.2) is 12.7 Å². The van der Waals surface area contributed by atoms with Gasteiger partial charge >= 0.3 is 29.6 Å². The summed E-state index contributed by atoms with van der Waals surface area (Å²) in [7, 11) is 0. The van der Waals surface area contributed by atoms with Crippen LogP contribution in [-0.2, 0) is 9.59 Å². The molecule has 4 nitrogen and oxygen atoms in total. The Morgan fingerprint density at radius 2 is 1.48 bits per heavy atom. The molecule has 1 amide bonds. The van der Waals surface area contributed by atoms with Crippen molar-refractivity contribution in [1.82, 2.24) is 4.90 Å². The molecule has 0 aromatic carbocycles. The van der Waals surface area contributed by atoms with Crippen LogP contribution < -0.4 is 34.7 Å². The van der Waals surface area contributed by atoms with Gasteiger partial charge < -0.3 is 14.8 Å². The van der Waals surface area contributed by atoms with Gasteiger partial charge in [-0.2, -0.15) is 0 Å². The van der Waals surface area contributed by atoms with Gasteiger partial charge in [-0.05, 0) is 32.3 Å². The predicted molar refractivity (Wildman–Crippen MR) is 79.0 cm³/mol. The van der Waals surface area contributed by atoms with Gasteiger partial charge in [-0.1, -0.05) is 45.1 Å². The largest absolute Gasteiger partial charge is 1.00 e. The summed E-state index contributed by atoms with van der Waals surface area (Å²) in [6.07, 6.45) is 10.1. The fourth-order valence-electron chi connectivity index (χ4n) is 2.19. The quantitative estimate of drug-likeness (QED) is 0.256. The smallest absolute Gasteiger partial charge is 0.550 e. The maximum Gasteiger partial charge on any atom is 1.00 e. The molecular weight excluding hydrogens is 277 g/mol. The molecule has 0 aromatic heterocycles. The molecule has 0 aromatic rings. The van der Waals surface area contributed by atoms with Crippen molar-refractivity contribution in [3.05, 3.63) is 12.7 Å². The number of amides is 1. The van der Waals surface area contributed by atoms with E-state index in [-0.39, 0.29) is 41.9 Å². The zero-order chi connectivity index (χ0) is 15.2. The van der Waals surface area contributed by atoms with Crippen LogP contribution >= 0.6 is 0 Å². The first kappa shape index (κ1) is 23.0. The van der Waals surface area contributed by atoms with Crippen molar-refractivity contribution in [2.24, 2.45) is 0 Å². The minimum atomic E-state index is -0.945. The molecule has 0 aliphatic rings. The van der Waals surface area contributed by atoms with Crippen LogP contribution in [-0.4, -0.2) is 29.9 Å². The molecule has 0 aliphatic carbocycles. The molecule has 0 unspecified atom stereocenters. The number of carbonyl (C=O) groups is 2. The molecule has 0 aliphatic heterocycles. The standard InChI is InChI=1S/C16H29NO3.Na/c1-3-15(18)17(4-2)14-12-10-8-6-5-7-9-11-13-16(19)20;/h3H,1,4-14H2,2H3,(H,19,20);/q;+1/p-1. The Morgan fingerprint density at radius 3 is 1.90 bits per heavy atom. The first-order valence-corrected chi connectivity index (χ1v) is 7.73. The average Bonchev–Trinajstić information content (AvgIpc) is 2.44. The molecule has 0 heterocycles. The number of likely N-dealkylation sites (N-methyl/N-ethyl adjacent to an activating group) is 1. The van der Waals surface area contributed by atoms with E-state index in [0.717, 1.165) is 51.6 Å². The number of carbonyl (C=O) groups excluding carboxylic acids is 2. The molecular formula is C16H28NNaO3. The van der Waals surface area contributed by atoms with Gasteiger partial charge in [-0.25, -0.2) is 0 Å². The zero-order valence-corrected chi connectivity index (χ0v) is 15.7. The van der Waals surface area contributed by atoms with Crippen molar-refractivity contribution in [1.29, 1.82) is 0 Å². The number of aliphatic carboxylic acids is 1. The third-order valence-electron chi connectivity index (χ3n) is 3.43. The van der Waals surface area contributed by atoms with E-state index in [4.69, 9.17) is 0 Å². The van der Waals surface area contributed by atoms with Crippen molar-refractivity contribution in [2.75, 3.05) is 13.1 Å². The van der Waals surface area contributed by atoms with Crippen molar-refractivity contribution in [3.8, 4) is 0 Å². The van der Waals surface area contributed by atoms with E-state index >= 15 is 0 Å². The molecule has 0 spiro atoms. The number of carboxylic acid groups (broad SMARTS) is 1. The summed E-state index contributed by atoms with van der Waals surface area (Å²) < 4.78 is 0. The summed E-state index contributed by atoms with van der Waals surface area (Å²) in [4.78, 5) is 23.4. The van der Waals surface area contributed by atoms with E-state index in [9.17, 15) is 14.7 Å². The number of carboxylic acids is 1. The van der Waals surface area contributed by atoms with Crippen LogP contribution in [0.1, 0.15) is 64.7 Å².